The van der Waals surface area contributed by atoms with Crippen LogP contribution in [0.2, 0.25) is 0 Å². The van der Waals surface area contributed by atoms with Crippen molar-refractivity contribution in [3.63, 3.8) is 0 Å². The molecule has 0 saturated carbocycles. The summed E-state index contributed by atoms with van der Waals surface area (Å²) in [7, 11) is 0. The lowest BCUT2D eigenvalue weighted by Gasteiger charge is -2.40. The predicted octanol–water partition coefficient (Wildman–Crippen LogP) is 3.03. The second kappa shape index (κ2) is 5.38. The zero-order valence-electron chi connectivity index (χ0n) is 10.3. The Morgan fingerprint density at radius 3 is 2.21 bits per heavy atom. The quantitative estimate of drug-likeness (QED) is 0.680. The monoisotopic (exact) mass is 198 g/mol. The van der Waals surface area contributed by atoms with E-state index in [-0.39, 0.29) is 11.4 Å². The van der Waals surface area contributed by atoms with Crippen LogP contribution in [0.15, 0.2) is 0 Å². The van der Waals surface area contributed by atoms with E-state index in [1.54, 1.807) is 0 Å². The summed E-state index contributed by atoms with van der Waals surface area (Å²) in [5.74, 6) is 0.224. The zero-order chi connectivity index (χ0) is 11.4. The van der Waals surface area contributed by atoms with Gasteiger partial charge in [0.1, 0.15) is 0 Å². The van der Waals surface area contributed by atoms with Crippen molar-refractivity contribution in [1.29, 1.82) is 0 Å². The minimum Gasteiger partial charge on any atom is -0.335 e. The zero-order valence-corrected chi connectivity index (χ0v) is 10.3. The molecule has 0 bridgehead atoms. The van der Waals surface area contributed by atoms with Crippen LogP contribution in [0.4, 0.5) is 0 Å². The van der Waals surface area contributed by atoms with Crippen LogP contribution >= 0.6 is 0 Å². The lowest BCUT2D eigenvalue weighted by atomic mass is 10.0. The Morgan fingerprint density at radius 2 is 1.93 bits per heavy atom. The SMILES string of the molecule is [CH2]CCC(=O)N(C(C)CC)C(C)(C)C. The third kappa shape index (κ3) is 3.69. The molecule has 83 valence electrons. The van der Waals surface area contributed by atoms with Crippen molar-refractivity contribution in [1.82, 2.24) is 4.90 Å². The maximum atomic E-state index is 11.9. The molecule has 0 spiro atoms. The summed E-state index contributed by atoms with van der Waals surface area (Å²) < 4.78 is 0. The van der Waals surface area contributed by atoms with Gasteiger partial charge in [0.2, 0.25) is 5.91 Å². The fraction of sp³-hybridized carbons (Fsp3) is 0.833. The van der Waals surface area contributed by atoms with Crippen LogP contribution in [0.1, 0.15) is 53.9 Å². The van der Waals surface area contributed by atoms with Crippen molar-refractivity contribution in [2.24, 2.45) is 0 Å². The van der Waals surface area contributed by atoms with Crippen molar-refractivity contribution in [3.05, 3.63) is 6.92 Å². The molecule has 0 N–H and O–H groups in total. The van der Waals surface area contributed by atoms with Gasteiger partial charge in [0, 0.05) is 18.0 Å². The van der Waals surface area contributed by atoms with Gasteiger partial charge in [0.25, 0.3) is 0 Å². The fourth-order valence-electron chi connectivity index (χ4n) is 1.74. The third-order valence-electron chi connectivity index (χ3n) is 2.41. The summed E-state index contributed by atoms with van der Waals surface area (Å²) in [6, 6.07) is 0.314. The Bertz CT molecular complexity index is 181. The largest absolute Gasteiger partial charge is 0.335 e. The molecule has 0 aliphatic carbocycles. The molecule has 1 unspecified atom stereocenters. The Labute approximate surface area is 88.7 Å². The number of hydrogen-bond donors (Lipinski definition) is 0. The van der Waals surface area contributed by atoms with Crippen molar-refractivity contribution in [2.45, 2.75) is 65.5 Å². The first-order valence-corrected chi connectivity index (χ1v) is 5.46. The molecule has 0 heterocycles. The van der Waals surface area contributed by atoms with Gasteiger partial charge in [-0.3, -0.25) is 4.79 Å². The van der Waals surface area contributed by atoms with Crippen molar-refractivity contribution in [3.8, 4) is 0 Å². The van der Waals surface area contributed by atoms with E-state index in [1.807, 2.05) is 4.90 Å². The van der Waals surface area contributed by atoms with Gasteiger partial charge in [-0.15, -0.1) is 0 Å². The molecule has 1 amide bonds. The van der Waals surface area contributed by atoms with E-state index >= 15 is 0 Å². The topological polar surface area (TPSA) is 20.3 Å². The Kier molecular flexibility index (Phi) is 5.17. The van der Waals surface area contributed by atoms with Gasteiger partial charge in [-0.1, -0.05) is 13.8 Å². The van der Waals surface area contributed by atoms with Gasteiger partial charge >= 0.3 is 0 Å². The molecule has 0 saturated heterocycles. The molecule has 0 aromatic rings. The normalized spacial score (nSPS) is 13.9. The van der Waals surface area contributed by atoms with Gasteiger partial charge < -0.3 is 4.90 Å². The van der Waals surface area contributed by atoms with Gasteiger partial charge in [-0.2, -0.15) is 0 Å². The minimum atomic E-state index is -0.0817. The summed E-state index contributed by atoms with van der Waals surface area (Å²) in [4.78, 5) is 13.9. The van der Waals surface area contributed by atoms with Crippen LogP contribution in [0.5, 0.6) is 0 Å². The molecule has 2 nitrogen and oxygen atoms in total. The van der Waals surface area contributed by atoms with Gasteiger partial charge in [0.05, 0.1) is 0 Å². The molecular weight excluding hydrogens is 174 g/mol. The maximum Gasteiger partial charge on any atom is 0.223 e. The number of nitrogens with zero attached hydrogens (tertiary/aromatic N) is 1. The van der Waals surface area contributed by atoms with E-state index in [1.165, 1.54) is 0 Å². The molecule has 14 heavy (non-hydrogen) atoms. The van der Waals surface area contributed by atoms with Crippen LogP contribution in [-0.2, 0) is 4.79 Å². The smallest absolute Gasteiger partial charge is 0.223 e. The van der Waals surface area contributed by atoms with E-state index in [0.717, 1.165) is 6.42 Å². The second-order valence-corrected chi connectivity index (χ2v) is 4.80. The molecule has 0 aromatic carbocycles. The molecule has 1 radical (unpaired) electrons. The van der Waals surface area contributed by atoms with Gasteiger partial charge in [-0.05, 0) is 40.5 Å². The van der Waals surface area contributed by atoms with Crippen LogP contribution in [0, 0.1) is 6.92 Å². The van der Waals surface area contributed by atoms with Gasteiger partial charge in [0.15, 0.2) is 0 Å². The van der Waals surface area contributed by atoms with Gasteiger partial charge in [-0.25, -0.2) is 0 Å². The highest BCUT2D eigenvalue weighted by molar-refractivity contribution is 5.77. The molecule has 0 rings (SSSR count). The number of carbonyl (C=O) groups excluding carboxylic acids is 1. The van der Waals surface area contributed by atoms with E-state index in [9.17, 15) is 4.79 Å². The minimum absolute atomic E-state index is 0.0817. The van der Waals surface area contributed by atoms with Crippen LogP contribution in [0.3, 0.4) is 0 Å². The molecular formula is C12H24NO. The fourth-order valence-corrected chi connectivity index (χ4v) is 1.74. The number of amides is 1. The maximum absolute atomic E-state index is 11.9. The molecule has 1 atom stereocenters. The van der Waals surface area contributed by atoms with Crippen molar-refractivity contribution in [2.75, 3.05) is 0 Å². The summed E-state index contributed by atoms with van der Waals surface area (Å²) >= 11 is 0. The van der Waals surface area contributed by atoms with E-state index in [4.69, 9.17) is 0 Å². The lowest BCUT2D eigenvalue weighted by molar-refractivity contribution is -0.138. The van der Waals surface area contributed by atoms with Crippen LogP contribution in [-0.4, -0.2) is 22.4 Å². The first-order chi connectivity index (χ1) is 6.34. The number of rotatable bonds is 4. The van der Waals surface area contributed by atoms with Crippen LogP contribution in [0.25, 0.3) is 0 Å². The molecule has 0 aliphatic heterocycles. The van der Waals surface area contributed by atoms with Crippen molar-refractivity contribution < 1.29 is 4.79 Å². The lowest BCUT2D eigenvalue weighted by Crippen LogP contribution is -2.50. The Balaban J connectivity index is 4.64. The Hall–Kier alpha value is -0.530. The summed E-state index contributed by atoms with van der Waals surface area (Å²) in [5, 5.41) is 0. The molecule has 0 aromatic heterocycles. The molecule has 0 fully saturated rings. The first kappa shape index (κ1) is 13.5. The standard InChI is InChI=1S/C12H24NO/c1-7-9-11(14)13(10(3)8-2)12(4,5)6/h10H,1,7-9H2,2-6H3. The average molecular weight is 198 g/mol. The highest BCUT2D eigenvalue weighted by atomic mass is 16.2. The van der Waals surface area contributed by atoms with E-state index in [0.29, 0.717) is 18.9 Å². The highest BCUT2D eigenvalue weighted by Crippen LogP contribution is 2.20. The summed E-state index contributed by atoms with van der Waals surface area (Å²) in [5.41, 5.74) is -0.0817. The number of carbonyl (C=O) groups is 1. The summed E-state index contributed by atoms with van der Waals surface area (Å²) in [6.45, 7) is 14.2. The first-order valence-electron chi connectivity index (χ1n) is 5.46. The average Bonchev–Trinajstić information content (AvgIpc) is 2.02. The number of hydrogen-bond acceptors (Lipinski definition) is 1. The third-order valence-corrected chi connectivity index (χ3v) is 2.41. The predicted molar refractivity (Wildman–Crippen MR) is 60.9 cm³/mol. The summed E-state index contributed by atoms with van der Waals surface area (Å²) in [6.07, 6.45) is 2.24. The Morgan fingerprint density at radius 1 is 1.43 bits per heavy atom. The second-order valence-electron chi connectivity index (χ2n) is 4.80. The highest BCUT2D eigenvalue weighted by Gasteiger charge is 2.28. The van der Waals surface area contributed by atoms with E-state index < -0.39 is 0 Å². The molecule has 0 aliphatic rings. The van der Waals surface area contributed by atoms with Crippen LogP contribution < -0.4 is 0 Å². The molecule has 2 heteroatoms. The van der Waals surface area contributed by atoms with Crippen molar-refractivity contribution >= 4 is 5.91 Å². The van der Waals surface area contributed by atoms with E-state index in [2.05, 4.69) is 41.5 Å².